The van der Waals surface area contributed by atoms with Crippen molar-refractivity contribution in [1.82, 2.24) is 10.6 Å². The summed E-state index contributed by atoms with van der Waals surface area (Å²) in [6.07, 6.45) is 3.97. The molecule has 0 aromatic heterocycles. The molecule has 0 spiro atoms. The highest BCUT2D eigenvalue weighted by molar-refractivity contribution is 5.77. The topological polar surface area (TPSA) is 95.1 Å². The molecule has 0 bridgehead atoms. The van der Waals surface area contributed by atoms with E-state index in [1.807, 2.05) is 36.4 Å². The lowest BCUT2D eigenvalue weighted by Crippen LogP contribution is -2.23. The summed E-state index contributed by atoms with van der Waals surface area (Å²) >= 11 is 0. The van der Waals surface area contributed by atoms with E-state index in [1.54, 1.807) is 14.2 Å². The molecule has 2 aromatic rings. The van der Waals surface area contributed by atoms with Crippen molar-refractivity contribution in [2.45, 2.75) is 79.3 Å². The Hall–Kier alpha value is -3.42. The molecule has 8 heteroatoms. The van der Waals surface area contributed by atoms with Gasteiger partial charge in [-0.05, 0) is 72.9 Å². The highest BCUT2D eigenvalue weighted by Crippen LogP contribution is 2.29. The molecule has 2 aromatic carbocycles. The lowest BCUT2D eigenvalue weighted by molar-refractivity contribution is -0.123. The van der Waals surface area contributed by atoms with E-state index in [1.165, 1.54) is 0 Å². The normalized spacial score (nSPS) is 10.9. The number of rotatable bonds is 19. The minimum atomic E-state index is -0.0422. The lowest BCUT2D eigenvalue weighted by Gasteiger charge is -2.13. The van der Waals surface area contributed by atoms with E-state index in [4.69, 9.17) is 18.9 Å². The van der Waals surface area contributed by atoms with Crippen molar-refractivity contribution in [2.24, 2.45) is 11.8 Å². The first-order valence-electron chi connectivity index (χ1n) is 14.3. The van der Waals surface area contributed by atoms with Crippen LogP contribution in [0.15, 0.2) is 36.4 Å². The fourth-order valence-electron chi connectivity index (χ4n) is 3.84. The number of methoxy groups -OCH3 is 2. The van der Waals surface area contributed by atoms with E-state index in [9.17, 15) is 9.59 Å². The largest absolute Gasteiger partial charge is 0.493 e. The van der Waals surface area contributed by atoms with Crippen LogP contribution in [0.1, 0.15) is 77.3 Å². The molecule has 40 heavy (non-hydrogen) atoms. The zero-order valence-electron chi connectivity index (χ0n) is 25.1. The summed E-state index contributed by atoms with van der Waals surface area (Å²) in [5.74, 6) is 3.79. The highest BCUT2D eigenvalue weighted by Gasteiger charge is 2.10. The van der Waals surface area contributed by atoms with Gasteiger partial charge in [0.15, 0.2) is 23.0 Å². The fourth-order valence-corrected chi connectivity index (χ4v) is 3.84. The number of amides is 2. The molecule has 0 atom stereocenters. The summed E-state index contributed by atoms with van der Waals surface area (Å²) in [6.45, 7) is 10.7. The molecule has 2 rings (SSSR count). The molecule has 0 aliphatic carbocycles. The van der Waals surface area contributed by atoms with Crippen LogP contribution >= 0.6 is 0 Å². The van der Waals surface area contributed by atoms with Crippen molar-refractivity contribution in [1.29, 1.82) is 0 Å². The maximum Gasteiger partial charge on any atom is 0.220 e. The van der Waals surface area contributed by atoms with E-state index in [-0.39, 0.29) is 11.8 Å². The standard InChI is InChI=1S/C32H48N2O6/c1-23(2)15-17-39-27-13-11-25(19-29(27)37-5)21-33-31(35)9-7-8-10-32(36)34-22-26-12-14-28(30(20-26)38-6)40-18-16-24(3)4/h11-14,19-20,23-24H,7-10,15-18,21-22H2,1-6H3,(H,33,35)(H,34,36). The average molecular weight is 557 g/mol. The number of ether oxygens (including phenoxy) is 4. The summed E-state index contributed by atoms with van der Waals surface area (Å²) < 4.78 is 22.6. The molecule has 0 aliphatic rings. The molecule has 0 radical (unpaired) electrons. The first-order valence-corrected chi connectivity index (χ1v) is 14.3. The Kier molecular flexibility index (Phi) is 14.8. The zero-order valence-corrected chi connectivity index (χ0v) is 25.1. The molecule has 0 saturated heterocycles. The number of hydrogen-bond donors (Lipinski definition) is 2. The van der Waals surface area contributed by atoms with Gasteiger partial charge in [0.05, 0.1) is 27.4 Å². The molecule has 0 aliphatic heterocycles. The summed E-state index contributed by atoms with van der Waals surface area (Å²) in [5.41, 5.74) is 1.88. The van der Waals surface area contributed by atoms with Gasteiger partial charge in [-0.25, -0.2) is 0 Å². The van der Waals surface area contributed by atoms with Crippen LogP contribution < -0.4 is 29.6 Å². The van der Waals surface area contributed by atoms with Crippen LogP contribution in [0.3, 0.4) is 0 Å². The SMILES string of the molecule is COc1cc(CNC(=O)CCCCC(=O)NCc2ccc(OCCC(C)C)c(OC)c2)ccc1OCCC(C)C. The Morgan fingerprint density at radius 3 is 1.40 bits per heavy atom. The molecule has 8 nitrogen and oxygen atoms in total. The third kappa shape index (κ3) is 12.6. The van der Waals surface area contributed by atoms with Gasteiger partial charge in [-0.1, -0.05) is 39.8 Å². The molecule has 222 valence electrons. The fraction of sp³-hybridized carbons (Fsp3) is 0.562. The van der Waals surface area contributed by atoms with Crippen LogP contribution in [-0.4, -0.2) is 39.2 Å². The van der Waals surface area contributed by atoms with Crippen molar-refractivity contribution in [3.8, 4) is 23.0 Å². The predicted molar refractivity (Wildman–Crippen MR) is 158 cm³/mol. The van der Waals surface area contributed by atoms with E-state index in [2.05, 4.69) is 38.3 Å². The van der Waals surface area contributed by atoms with Crippen molar-refractivity contribution in [2.75, 3.05) is 27.4 Å². The van der Waals surface area contributed by atoms with Gasteiger partial charge in [0.25, 0.3) is 0 Å². The van der Waals surface area contributed by atoms with Crippen LogP contribution in [0.25, 0.3) is 0 Å². The number of hydrogen-bond acceptors (Lipinski definition) is 6. The Labute approximate surface area is 240 Å². The second kappa shape index (κ2) is 18.0. The first-order chi connectivity index (χ1) is 19.2. The third-order valence-electron chi connectivity index (χ3n) is 6.40. The number of carbonyl (C=O) groups excluding carboxylic acids is 2. The molecular weight excluding hydrogens is 508 g/mol. The van der Waals surface area contributed by atoms with Crippen LogP contribution in [0.2, 0.25) is 0 Å². The van der Waals surface area contributed by atoms with Crippen molar-refractivity contribution in [3.05, 3.63) is 47.5 Å². The van der Waals surface area contributed by atoms with Crippen molar-refractivity contribution in [3.63, 3.8) is 0 Å². The number of nitrogens with one attached hydrogen (secondary N) is 2. The van der Waals surface area contributed by atoms with Gasteiger partial charge in [-0.15, -0.1) is 0 Å². The molecule has 0 saturated carbocycles. The number of unbranched alkanes of at least 4 members (excludes halogenated alkanes) is 1. The van der Waals surface area contributed by atoms with Crippen molar-refractivity contribution < 1.29 is 28.5 Å². The van der Waals surface area contributed by atoms with Gasteiger partial charge < -0.3 is 29.6 Å². The maximum absolute atomic E-state index is 12.3. The molecule has 0 unspecified atom stereocenters. The van der Waals surface area contributed by atoms with E-state index >= 15 is 0 Å². The molecule has 0 fully saturated rings. The Balaban J connectivity index is 1.66. The Morgan fingerprint density at radius 1 is 0.650 bits per heavy atom. The van der Waals surface area contributed by atoms with Crippen LogP contribution in [0.5, 0.6) is 23.0 Å². The average Bonchev–Trinajstić information content (AvgIpc) is 2.93. The summed E-state index contributed by atoms with van der Waals surface area (Å²) in [4.78, 5) is 24.6. The monoisotopic (exact) mass is 556 g/mol. The molecule has 0 heterocycles. The minimum Gasteiger partial charge on any atom is -0.493 e. The van der Waals surface area contributed by atoms with Crippen LogP contribution in [-0.2, 0) is 22.7 Å². The highest BCUT2D eigenvalue weighted by atomic mass is 16.5. The van der Waals surface area contributed by atoms with Crippen LogP contribution in [0.4, 0.5) is 0 Å². The van der Waals surface area contributed by atoms with Gasteiger partial charge in [0.1, 0.15) is 0 Å². The molecular formula is C32H48N2O6. The number of benzene rings is 2. The van der Waals surface area contributed by atoms with Gasteiger partial charge in [-0.3, -0.25) is 9.59 Å². The van der Waals surface area contributed by atoms with Gasteiger partial charge in [0, 0.05) is 25.9 Å². The Bertz CT molecular complexity index is 970. The second-order valence-corrected chi connectivity index (χ2v) is 10.8. The van der Waals surface area contributed by atoms with E-state index < -0.39 is 0 Å². The molecule has 2 N–H and O–H groups in total. The quantitative estimate of drug-likeness (QED) is 0.205. The lowest BCUT2D eigenvalue weighted by atomic mass is 10.1. The summed E-state index contributed by atoms with van der Waals surface area (Å²) in [6, 6.07) is 11.4. The first kappa shape index (κ1) is 32.8. The maximum atomic E-state index is 12.3. The third-order valence-corrected chi connectivity index (χ3v) is 6.40. The predicted octanol–water partition coefficient (Wildman–Crippen LogP) is 6.05. The van der Waals surface area contributed by atoms with Gasteiger partial charge in [-0.2, -0.15) is 0 Å². The summed E-state index contributed by atoms with van der Waals surface area (Å²) in [7, 11) is 3.22. The van der Waals surface area contributed by atoms with E-state index in [0.717, 1.165) is 24.0 Å². The zero-order chi connectivity index (χ0) is 29.3. The smallest absolute Gasteiger partial charge is 0.220 e. The molecule has 2 amide bonds. The Morgan fingerprint density at radius 2 is 1.05 bits per heavy atom. The minimum absolute atomic E-state index is 0.0422. The summed E-state index contributed by atoms with van der Waals surface area (Å²) in [5, 5.41) is 5.88. The number of carbonyl (C=O) groups is 2. The van der Waals surface area contributed by atoms with Gasteiger partial charge >= 0.3 is 0 Å². The van der Waals surface area contributed by atoms with Crippen LogP contribution in [0, 0.1) is 11.8 Å². The van der Waals surface area contributed by atoms with Crippen molar-refractivity contribution >= 4 is 11.8 Å². The van der Waals surface area contributed by atoms with Gasteiger partial charge in [0.2, 0.25) is 11.8 Å². The second-order valence-electron chi connectivity index (χ2n) is 10.8. The van der Waals surface area contributed by atoms with E-state index in [0.29, 0.717) is 86.8 Å².